The average molecular weight is 512 g/mol. The fraction of sp³-hybridized carbons (Fsp3) is 0.296. The van der Waals surface area contributed by atoms with Gasteiger partial charge < -0.3 is 9.64 Å². The minimum Gasteiger partial charge on any atom is -0.496 e. The minimum atomic E-state index is -3.69. The molecule has 0 N–H and O–H groups in total. The summed E-state index contributed by atoms with van der Waals surface area (Å²) in [4.78, 5) is 17.4. The predicted molar refractivity (Wildman–Crippen MR) is 138 cm³/mol. The smallest absolute Gasteiger partial charge is 0.253 e. The van der Waals surface area contributed by atoms with Gasteiger partial charge in [-0.05, 0) is 48.0 Å². The molecule has 0 aromatic heterocycles. The number of amides is 1. The van der Waals surface area contributed by atoms with Crippen LogP contribution in [0.2, 0.25) is 0 Å². The molecule has 0 bridgehead atoms. The molecule has 4 rings (SSSR count). The Bertz CT molecular complexity index is 1290. The first kappa shape index (κ1) is 25.7. The summed E-state index contributed by atoms with van der Waals surface area (Å²) in [6.45, 7) is 3.56. The lowest BCUT2D eigenvalue weighted by Crippen LogP contribution is -2.48. The van der Waals surface area contributed by atoms with Crippen molar-refractivity contribution in [3.63, 3.8) is 0 Å². The van der Waals surface area contributed by atoms with E-state index < -0.39 is 15.8 Å². The van der Waals surface area contributed by atoms with Crippen LogP contribution in [0.3, 0.4) is 0 Å². The predicted octanol–water partition coefficient (Wildman–Crippen LogP) is 3.76. The van der Waals surface area contributed by atoms with Crippen LogP contribution in [-0.2, 0) is 23.1 Å². The van der Waals surface area contributed by atoms with Crippen molar-refractivity contribution in [1.82, 2.24) is 9.80 Å². The number of nitrogens with zero attached hydrogens (tertiary/aromatic N) is 3. The third-order valence-corrected chi connectivity index (χ3v) is 7.41. The Hall–Kier alpha value is -3.43. The molecular weight excluding hydrogens is 481 g/mol. The summed E-state index contributed by atoms with van der Waals surface area (Å²) in [5.41, 5.74) is 2.58. The highest BCUT2D eigenvalue weighted by Gasteiger charge is 2.25. The topological polar surface area (TPSA) is 70.2 Å². The lowest BCUT2D eigenvalue weighted by Gasteiger charge is -2.35. The van der Waals surface area contributed by atoms with Crippen LogP contribution in [0.5, 0.6) is 5.75 Å². The Morgan fingerprint density at radius 2 is 1.64 bits per heavy atom. The molecular formula is C27H30FN3O4S. The second kappa shape index (κ2) is 11.1. The van der Waals surface area contributed by atoms with E-state index in [1.807, 2.05) is 23.1 Å². The molecule has 0 saturated carbocycles. The molecule has 3 aromatic rings. The van der Waals surface area contributed by atoms with E-state index in [1.165, 1.54) is 41.2 Å². The SMILES string of the molecule is COc1ccc(C(=O)N2CCN(Cc3ccccc3)CC2)cc1CN(c1ccc(F)cc1)S(C)(=O)=O. The van der Waals surface area contributed by atoms with Crippen molar-refractivity contribution >= 4 is 21.6 Å². The van der Waals surface area contributed by atoms with E-state index in [9.17, 15) is 17.6 Å². The van der Waals surface area contributed by atoms with Gasteiger partial charge in [0.15, 0.2) is 0 Å². The van der Waals surface area contributed by atoms with Gasteiger partial charge in [0.2, 0.25) is 10.0 Å². The van der Waals surface area contributed by atoms with Crippen molar-refractivity contribution in [2.24, 2.45) is 0 Å². The minimum absolute atomic E-state index is 0.0559. The van der Waals surface area contributed by atoms with Gasteiger partial charge in [0.25, 0.3) is 5.91 Å². The third kappa shape index (κ3) is 6.22. The van der Waals surface area contributed by atoms with Crippen LogP contribution in [0.15, 0.2) is 72.8 Å². The van der Waals surface area contributed by atoms with Crippen LogP contribution in [0.4, 0.5) is 10.1 Å². The number of ether oxygens (including phenoxy) is 1. The number of hydrogen-bond donors (Lipinski definition) is 0. The van der Waals surface area contributed by atoms with Crippen molar-refractivity contribution in [1.29, 1.82) is 0 Å². The normalized spacial score (nSPS) is 14.5. The highest BCUT2D eigenvalue weighted by molar-refractivity contribution is 7.92. The summed E-state index contributed by atoms with van der Waals surface area (Å²) < 4.78 is 45.2. The van der Waals surface area contributed by atoms with Gasteiger partial charge in [-0.3, -0.25) is 14.0 Å². The van der Waals surface area contributed by atoms with Gasteiger partial charge >= 0.3 is 0 Å². The molecule has 3 aromatic carbocycles. The molecule has 1 amide bonds. The zero-order valence-electron chi connectivity index (χ0n) is 20.4. The van der Waals surface area contributed by atoms with Crippen LogP contribution in [0.25, 0.3) is 0 Å². The second-order valence-electron chi connectivity index (χ2n) is 8.83. The number of benzene rings is 3. The maximum Gasteiger partial charge on any atom is 0.253 e. The van der Waals surface area contributed by atoms with Crippen molar-refractivity contribution < 1.29 is 22.3 Å². The highest BCUT2D eigenvalue weighted by Crippen LogP contribution is 2.27. The summed E-state index contributed by atoms with van der Waals surface area (Å²) in [6.07, 6.45) is 1.09. The molecule has 0 spiro atoms. The largest absolute Gasteiger partial charge is 0.496 e. The fourth-order valence-corrected chi connectivity index (χ4v) is 5.21. The van der Waals surface area contributed by atoms with Crippen LogP contribution < -0.4 is 9.04 Å². The van der Waals surface area contributed by atoms with E-state index in [-0.39, 0.29) is 12.5 Å². The third-order valence-electron chi connectivity index (χ3n) is 6.26. The summed E-state index contributed by atoms with van der Waals surface area (Å²) in [7, 11) is -2.19. The summed E-state index contributed by atoms with van der Waals surface area (Å²) >= 11 is 0. The number of rotatable bonds is 8. The first-order chi connectivity index (χ1) is 17.2. The number of sulfonamides is 1. The van der Waals surface area contributed by atoms with Gasteiger partial charge in [0.1, 0.15) is 11.6 Å². The lowest BCUT2D eigenvalue weighted by molar-refractivity contribution is 0.0628. The monoisotopic (exact) mass is 511 g/mol. The Morgan fingerprint density at radius 3 is 2.25 bits per heavy atom. The standard InChI is InChI=1S/C27H30FN3O4S/c1-35-26-13-8-22(18-23(26)20-31(36(2,33)34)25-11-9-24(28)10-12-25)27(32)30-16-14-29(15-17-30)19-21-6-4-3-5-7-21/h3-13,18H,14-17,19-20H2,1-2H3. The molecule has 0 unspecified atom stereocenters. The molecule has 0 radical (unpaired) electrons. The molecule has 9 heteroatoms. The fourth-order valence-electron chi connectivity index (χ4n) is 4.33. The maximum absolute atomic E-state index is 13.4. The van der Waals surface area contributed by atoms with Gasteiger partial charge in [-0.2, -0.15) is 0 Å². The van der Waals surface area contributed by atoms with Gasteiger partial charge in [0.05, 0.1) is 25.6 Å². The van der Waals surface area contributed by atoms with Gasteiger partial charge in [-0.25, -0.2) is 12.8 Å². The molecule has 1 aliphatic rings. The molecule has 1 fully saturated rings. The Balaban J connectivity index is 1.49. The molecule has 0 atom stereocenters. The summed E-state index contributed by atoms with van der Waals surface area (Å²) in [5, 5.41) is 0. The first-order valence-corrected chi connectivity index (χ1v) is 13.5. The molecule has 0 aliphatic carbocycles. The lowest BCUT2D eigenvalue weighted by atomic mass is 10.1. The number of carbonyl (C=O) groups is 1. The van der Waals surface area contributed by atoms with Crippen LogP contribution >= 0.6 is 0 Å². The number of methoxy groups -OCH3 is 1. The van der Waals surface area contributed by atoms with Crippen molar-refractivity contribution in [3.05, 3.63) is 95.3 Å². The van der Waals surface area contributed by atoms with Crippen molar-refractivity contribution in [3.8, 4) is 5.75 Å². The zero-order valence-corrected chi connectivity index (χ0v) is 21.2. The average Bonchev–Trinajstić information content (AvgIpc) is 2.88. The van der Waals surface area contributed by atoms with Crippen LogP contribution in [-0.4, -0.2) is 63.7 Å². The number of carbonyl (C=O) groups excluding carboxylic acids is 1. The molecule has 36 heavy (non-hydrogen) atoms. The zero-order chi connectivity index (χ0) is 25.7. The Morgan fingerprint density at radius 1 is 0.972 bits per heavy atom. The molecule has 7 nitrogen and oxygen atoms in total. The maximum atomic E-state index is 13.4. The molecule has 1 saturated heterocycles. The number of hydrogen-bond acceptors (Lipinski definition) is 5. The van der Waals surface area contributed by atoms with Crippen molar-refractivity contribution in [2.45, 2.75) is 13.1 Å². The number of anilines is 1. The molecule has 1 heterocycles. The van der Waals surface area contributed by atoms with Crippen LogP contribution in [0.1, 0.15) is 21.5 Å². The first-order valence-electron chi connectivity index (χ1n) is 11.7. The Labute approximate surface area is 211 Å². The summed E-state index contributed by atoms with van der Waals surface area (Å²) in [6, 6.07) is 20.5. The quantitative estimate of drug-likeness (QED) is 0.461. The van der Waals surface area contributed by atoms with E-state index in [4.69, 9.17) is 4.74 Å². The number of halogens is 1. The summed E-state index contributed by atoms with van der Waals surface area (Å²) in [5.74, 6) is -0.0952. The Kier molecular flexibility index (Phi) is 7.91. The van der Waals surface area contributed by atoms with E-state index in [0.717, 1.165) is 25.9 Å². The number of piperazine rings is 1. The highest BCUT2D eigenvalue weighted by atomic mass is 32.2. The van der Waals surface area contributed by atoms with Crippen molar-refractivity contribution in [2.75, 3.05) is 43.8 Å². The molecule has 1 aliphatic heterocycles. The van der Waals surface area contributed by atoms with Gasteiger partial charge in [-0.15, -0.1) is 0 Å². The van der Waals surface area contributed by atoms with E-state index in [1.54, 1.807) is 18.2 Å². The van der Waals surface area contributed by atoms with E-state index >= 15 is 0 Å². The molecule has 190 valence electrons. The van der Waals surface area contributed by atoms with E-state index in [2.05, 4.69) is 17.0 Å². The van der Waals surface area contributed by atoms with E-state index in [0.29, 0.717) is 35.7 Å². The van der Waals surface area contributed by atoms with Gasteiger partial charge in [-0.1, -0.05) is 30.3 Å². The second-order valence-corrected chi connectivity index (χ2v) is 10.7. The van der Waals surface area contributed by atoms with Gasteiger partial charge in [0, 0.05) is 43.9 Å². The van der Waals surface area contributed by atoms with Crippen LogP contribution in [0, 0.1) is 5.82 Å².